The predicted octanol–water partition coefficient (Wildman–Crippen LogP) is 2.20. The van der Waals surface area contributed by atoms with Gasteiger partial charge in [-0.05, 0) is 64.6 Å². The number of nitrogens with zero attached hydrogens (tertiary/aromatic N) is 2. The van der Waals surface area contributed by atoms with Crippen LogP contribution in [0.15, 0.2) is 0 Å². The first-order chi connectivity index (χ1) is 7.63. The highest BCUT2D eigenvalue weighted by Gasteiger charge is 2.33. The molecule has 0 aromatic rings. The van der Waals surface area contributed by atoms with Gasteiger partial charge in [0, 0.05) is 0 Å². The molecule has 2 aliphatic rings. The van der Waals surface area contributed by atoms with Crippen LogP contribution in [0.25, 0.3) is 0 Å². The lowest BCUT2D eigenvalue weighted by Gasteiger charge is -2.43. The van der Waals surface area contributed by atoms with E-state index in [1.54, 1.807) is 0 Å². The maximum absolute atomic E-state index is 2.49. The molecule has 0 N–H and O–H groups in total. The van der Waals surface area contributed by atoms with Crippen molar-refractivity contribution < 1.29 is 4.48 Å². The summed E-state index contributed by atoms with van der Waals surface area (Å²) in [6.07, 6.45) is 5.88. The van der Waals surface area contributed by atoms with E-state index in [0.29, 0.717) is 0 Å². The van der Waals surface area contributed by atoms with Crippen molar-refractivity contribution in [3.05, 3.63) is 0 Å². The molecular weight excluding hydrogens is 196 g/mol. The summed E-state index contributed by atoms with van der Waals surface area (Å²) in [5, 5.41) is 0. The zero-order valence-corrected chi connectivity index (χ0v) is 11.4. The number of likely N-dealkylation sites (tertiary alicyclic amines) is 2. The van der Waals surface area contributed by atoms with Crippen LogP contribution < -0.4 is 0 Å². The molecule has 2 fully saturated rings. The van der Waals surface area contributed by atoms with Crippen LogP contribution in [-0.4, -0.2) is 56.2 Å². The lowest BCUT2D eigenvalue weighted by molar-refractivity contribution is -0.913. The molecule has 0 unspecified atom stereocenters. The van der Waals surface area contributed by atoms with Gasteiger partial charge in [0.15, 0.2) is 0 Å². The van der Waals surface area contributed by atoms with Crippen molar-refractivity contribution in [3.63, 3.8) is 0 Å². The highest BCUT2D eigenvalue weighted by atomic mass is 15.3. The fourth-order valence-electron chi connectivity index (χ4n) is 3.50. The zero-order chi connectivity index (χ0) is 11.6. The molecule has 0 aliphatic carbocycles. The van der Waals surface area contributed by atoms with Crippen LogP contribution in [-0.2, 0) is 0 Å². The van der Waals surface area contributed by atoms with Crippen molar-refractivity contribution in [2.24, 2.45) is 11.8 Å². The van der Waals surface area contributed by atoms with Gasteiger partial charge in [-0.2, -0.15) is 0 Å². The molecule has 0 aromatic carbocycles. The summed E-state index contributed by atoms with van der Waals surface area (Å²) in [7, 11) is 4.70. The third-order valence-electron chi connectivity index (χ3n) is 5.27. The molecule has 2 rings (SSSR count). The Hall–Kier alpha value is -0.0800. The second-order valence-corrected chi connectivity index (χ2v) is 6.36. The lowest BCUT2D eigenvalue weighted by Crippen LogP contribution is -2.50. The van der Waals surface area contributed by atoms with Crippen LogP contribution in [0.5, 0.6) is 0 Å². The van der Waals surface area contributed by atoms with Crippen molar-refractivity contribution in [1.29, 1.82) is 0 Å². The molecule has 0 radical (unpaired) electrons. The molecule has 0 saturated carbocycles. The molecule has 16 heavy (non-hydrogen) atoms. The Kier molecular flexibility index (Phi) is 3.91. The Bertz CT molecular complexity index is 211. The van der Waals surface area contributed by atoms with Crippen molar-refractivity contribution in [3.8, 4) is 0 Å². The smallest absolute Gasteiger partial charge is 0.0787 e. The summed E-state index contributed by atoms with van der Waals surface area (Å²) < 4.78 is 1.32. The van der Waals surface area contributed by atoms with Gasteiger partial charge in [0.05, 0.1) is 26.7 Å². The fourth-order valence-corrected chi connectivity index (χ4v) is 3.50. The maximum Gasteiger partial charge on any atom is 0.0787 e. The van der Waals surface area contributed by atoms with Crippen molar-refractivity contribution in [2.75, 3.05) is 46.8 Å². The van der Waals surface area contributed by atoms with Crippen molar-refractivity contribution in [1.82, 2.24) is 4.90 Å². The van der Waals surface area contributed by atoms with E-state index in [9.17, 15) is 0 Å². The van der Waals surface area contributed by atoms with Crippen molar-refractivity contribution >= 4 is 0 Å². The molecule has 2 heterocycles. The quantitative estimate of drug-likeness (QED) is 0.651. The molecular formula is C14H29N2+. The average Bonchev–Trinajstić information content (AvgIpc) is 2.32. The molecule has 2 heteroatoms. The van der Waals surface area contributed by atoms with Crippen LogP contribution in [0.2, 0.25) is 0 Å². The van der Waals surface area contributed by atoms with Gasteiger partial charge in [-0.15, -0.1) is 0 Å². The molecule has 0 aromatic heterocycles. The first kappa shape index (κ1) is 12.4. The van der Waals surface area contributed by atoms with Crippen LogP contribution in [0, 0.1) is 11.8 Å². The van der Waals surface area contributed by atoms with Crippen LogP contribution in [0.4, 0.5) is 0 Å². The van der Waals surface area contributed by atoms with E-state index in [1.165, 1.54) is 62.9 Å². The Morgan fingerprint density at radius 1 is 1.00 bits per heavy atom. The molecule has 2 nitrogen and oxygen atoms in total. The Morgan fingerprint density at radius 2 is 1.50 bits per heavy atom. The van der Waals surface area contributed by atoms with E-state index >= 15 is 0 Å². The molecule has 2 aliphatic heterocycles. The van der Waals surface area contributed by atoms with Gasteiger partial charge in [-0.3, -0.25) is 0 Å². The first-order valence-corrected chi connectivity index (χ1v) is 7.15. The summed E-state index contributed by atoms with van der Waals surface area (Å²) in [5.41, 5.74) is 0. The summed E-state index contributed by atoms with van der Waals surface area (Å²) in [4.78, 5) is 2.49. The van der Waals surface area contributed by atoms with E-state index in [1.807, 2.05) is 0 Å². The van der Waals surface area contributed by atoms with Crippen LogP contribution in [0.3, 0.4) is 0 Å². The second-order valence-electron chi connectivity index (χ2n) is 6.36. The number of hydrogen-bond acceptors (Lipinski definition) is 1. The first-order valence-electron chi connectivity index (χ1n) is 7.15. The van der Waals surface area contributed by atoms with Gasteiger partial charge < -0.3 is 9.38 Å². The normalized spacial score (nSPS) is 38.8. The van der Waals surface area contributed by atoms with Crippen molar-refractivity contribution in [2.45, 2.75) is 32.6 Å². The van der Waals surface area contributed by atoms with Crippen LogP contribution >= 0.6 is 0 Å². The van der Waals surface area contributed by atoms with Gasteiger partial charge in [-0.1, -0.05) is 0 Å². The molecule has 0 bridgehead atoms. The third-order valence-corrected chi connectivity index (χ3v) is 5.27. The largest absolute Gasteiger partial charge is 0.326 e. The number of hydrogen-bond donors (Lipinski definition) is 0. The Labute approximate surface area is 101 Å². The molecule has 0 atom stereocenters. The minimum atomic E-state index is 1.04. The van der Waals surface area contributed by atoms with Crippen LogP contribution in [0.1, 0.15) is 32.6 Å². The number of quaternary nitrogens is 1. The predicted molar refractivity (Wildman–Crippen MR) is 69.4 cm³/mol. The number of rotatable bonds is 2. The topological polar surface area (TPSA) is 3.24 Å². The second kappa shape index (κ2) is 5.05. The van der Waals surface area contributed by atoms with Gasteiger partial charge in [-0.25, -0.2) is 0 Å². The summed E-state index contributed by atoms with van der Waals surface area (Å²) in [5.74, 6) is 2.09. The van der Waals surface area contributed by atoms with Gasteiger partial charge in [0.2, 0.25) is 0 Å². The summed E-state index contributed by atoms with van der Waals surface area (Å²) in [6.45, 7) is 9.18. The molecule has 0 amide bonds. The minimum absolute atomic E-state index is 1.04. The Balaban J connectivity index is 1.80. The van der Waals surface area contributed by atoms with Gasteiger partial charge >= 0.3 is 0 Å². The monoisotopic (exact) mass is 225 g/mol. The van der Waals surface area contributed by atoms with E-state index in [-0.39, 0.29) is 0 Å². The highest BCUT2D eigenvalue weighted by molar-refractivity contribution is 4.78. The molecule has 0 spiro atoms. The SMILES string of the molecule is CC[N+]1(C)CCC(C2CCN(C)CC2)CC1. The van der Waals surface area contributed by atoms with E-state index < -0.39 is 0 Å². The lowest BCUT2D eigenvalue weighted by atomic mass is 9.78. The van der Waals surface area contributed by atoms with E-state index in [0.717, 1.165) is 11.8 Å². The molecule has 2 saturated heterocycles. The third kappa shape index (κ3) is 2.78. The van der Waals surface area contributed by atoms with E-state index in [2.05, 4.69) is 25.9 Å². The highest BCUT2D eigenvalue weighted by Crippen LogP contribution is 2.33. The van der Waals surface area contributed by atoms with Gasteiger partial charge in [0.25, 0.3) is 0 Å². The summed E-state index contributed by atoms with van der Waals surface area (Å²) in [6, 6.07) is 0. The maximum atomic E-state index is 2.49. The fraction of sp³-hybridized carbons (Fsp3) is 1.00. The number of piperidine rings is 2. The van der Waals surface area contributed by atoms with Gasteiger partial charge in [0.1, 0.15) is 0 Å². The zero-order valence-electron chi connectivity index (χ0n) is 11.4. The molecule has 94 valence electrons. The van der Waals surface area contributed by atoms with E-state index in [4.69, 9.17) is 0 Å². The standard InChI is InChI=1S/C14H29N2/c1-4-16(3)11-7-14(8-12-16)13-5-9-15(2)10-6-13/h13-14H,4-12H2,1-3H3/q+1. The summed E-state index contributed by atoms with van der Waals surface area (Å²) >= 11 is 0. The Morgan fingerprint density at radius 3 is 2.00 bits per heavy atom. The minimum Gasteiger partial charge on any atom is -0.326 e. The average molecular weight is 225 g/mol.